The van der Waals surface area contributed by atoms with Gasteiger partial charge in [0.2, 0.25) is 0 Å². The van der Waals surface area contributed by atoms with Crippen LogP contribution in [0, 0.1) is 5.92 Å². The molecule has 1 fully saturated rings. The molecule has 0 aliphatic carbocycles. The summed E-state index contributed by atoms with van der Waals surface area (Å²) in [5.74, 6) is -0.0149. The fraction of sp³-hybridized carbons (Fsp3) is 0.562. The zero-order chi connectivity index (χ0) is 14.5. The summed E-state index contributed by atoms with van der Waals surface area (Å²) in [6.45, 7) is 6.49. The lowest BCUT2D eigenvalue weighted by atomic mass is 10.0. The predicted octanol–water partition coefficient (Wildman–Crippen LogP) is 2.77. The molecular formula is C16H23NO3. The van der Waals surface area contributed by atoms with E-state index in [1.165, 1.54) is 5.56 Å². The van der Waals surface area contributed by atoms with Crippen molar-refractivity contribution in [3.05, 3.63) is 29.8 Å². The molecule has 0 radical (unpaired) electrons. The number of carboxylic acid groups (broad SMARTS) is 1. The van der Waals surface area contributed by atoms with E-state index in [4.69, 9.17) is 9.84 Å². The minimum Gasteiger partial charge on any atom is -0.494 e. The monoisotopic (exact) mass is 277 g/mol. The smallest absolute Gasteiger partial charge is 0.308 e. The second kappa shape index (κ2) is 6.75. The van der Waals surface area contributed by atoms with Crippen LogP contribution in [0.5, 0.6) is 5.75 Å². The van der Waals surface area contributed by atoms with Gasteiger partial charge in [-0.3, -0.25) is 9.69 Å². The summed E-state index contributed by atoms with van der Waals surface area (Å²) < 4.78 is 5.56. The maximum absolute atomic E-state index is 11.1. The number of rotatable bonds is 6. The zero-order valence-electron chi connectivity index (χ0n) is 12.2. The molecule has 0 spiro atoms. The summed E-state index contributed by atoms with van der Waals surface area (Å²) >= 11 is 0. The van der Waals surface area contributed by atoms with Crippen molar-refractivity contribution in [2.45, 2.75) is 39.3 Å². The average molecular weight is 277 g/mol. The molecule has 110 valence electrons. The molecule has 1 heterocycles. The molecule has 1 saturated heterocycles. The van der Waals surface area contributed by atoms with E-state index in [2.05, 4.69) is 24.0 Å². The van der Waals surface area contributed by atoms with Gasteiger partial charge in [0.15, 0.2) is 0 Å². The Bertz CT molecular complexity index is 444. The van der Waals surface area contributed by atoms with Gasteiger partial charge in [-0.1, -0.05) is 19.1 Å². The van der Waals surface area contributed by atoms with Crippen molar-refractivity contribution in [2.75, 3.05) is 13.2 Å². The van der Waals surface area contributed by atoms with Crippen LogP contribution >= 0.6 is 0 Å². The third-order valence-corrected chi connectivity index (χ3v) is 3.98. The van der Waals surface area contributed by atoms with Crippen LogP contribution in [0.4, 0.5) is 0 Å². The molecule has 1 aliphatic heterocycles. The van der Waals surface area contributed by atoms with Crippen molar-refractivity contribution in [1.82, 2.24) is 4.90 Å². The van der Waals surface area contributed by atoms with Gasteiger partial charge in [-0.2, -0.15) is 0 Å². The van der Waals surface area contributed by atoms with Crippen LogP contribution in [-0.2, 0) is 11.3 Å². The normalized spacial score (nSPS) is 22.9. The highest BCUT2D eigenvalue weighted by Gasteiger charge is 2.35. The van der Waals surface area contributed by atoms with Crippen LogP contribution in [0.25, 0.3) is 0 Å². The highest BCUT2D eigenvalue weighted by molar-refractivity contribution is 5.71. The van der Waals surface area contributed by atoms with Crippen molar-refractivity contribution < 1.29 is 14.6 Å². The van der Waals surface area contributed by atoms with Crippen LogP contribution in [0.1, 0.15) is 32.3 Å². The minimum absolute atomic E-state index is 0.100. The topological polar surface area (TPSA) is 49.8 Å². The fourth-order valence-electron chi connectivity index (χ4n) is 2.70. The Hall–Kier alpha value is -1.55. The largest absolute Gasteiger partial charge is 0.494 e. The Kier molecular flexibility index (Phi) is 5.01. The molecular weight excluding hydrogens is 254 g/mol. The first-order chi connectivity index (χ1) is 9.61. The van der Waals surface area contributed by atoms with Gasteiger partial charge in [0.25, 0.3) is 0 Å². The lowest BCUT2D eigenvalue weighted by Gasteiger charge is -2.23. The summed E-state index contributed by atoms with van der Waals surface area (Å²) in [6.07, 6.45) is 1.75. The third kappa shape index (κ3) is 3.51. The van der Waals surface area contributed by atoms with Crippen LogP contribution in [0.2, 0.25) is 0 Å². The van der Waals surface area contributed by atoms with Crippen molar-refractivity contribution in [2.24, 2.45) is 5.92 Å². The second-order valence-electron chi connectivity index (χ2n) is 5.44. The number of likely N-dealkylation sites (tertiary alicyclic amines) is 1. The number of carboxylic acids is 1. The second-order valence-corrected chi connectivity index (χ2v) is 5.44. The molecule has 1 aliphatic rings. The number of benzene rings is 1. The Balaban J connectivity index is 1.92. The van der Waals surface area contributed by atoms with Gasteiger partial charge in [0.1, 0.15) is 5.75 Å². The molecule has 0 bridgehead atoms. The van der Waals surface area contributed by atoms with E-state index in [-0.39, 0.29) is 12.0 Å². The van der Waals surface area contributed by atoms with Gasteiger partial charge in [-0.25, -0.2) is 0 Å². The first-order valence-corrected chi connectivity index (χ1v) is 7.30. The van der Waals surface area contributed by atoms with Crippen molar-refractivity contribution in [3.8, 4) is 5.75 Å². The molecule has 0 amide bonds. The number of hydrogen-bond donors (Lipinski definition) is 1. The molecule has 1 N–H and O–H groups in total. The van der Waals surface area contributed by atoms with E-state index in [9.17, 15) is 4.79 Å². The Morgan fingerprint density at radius 1 is 1.40 bits per heavy atom. The molecule has 4 nitrogen and oxygen atoms in total. The van der Waals surface area contributed by atoms with E-state index in [1.54, 1.807) is 0 Å². The number of ether oxygens (including phenoxy) is 1. The third-order valence-electron chi connectivity index (χ3n) is 3.98. The van der Waals surface area contributed by atoms with Crippen molar-refractivity contribution >= 4 is 5.97 Å². The highest BCUT2D eigenvalue weighted by atomic mass is 16.5. The molecule has 1 aromatic carbocycles. The van der Waals surface area contributed by atoms with Gasteiger partial charge in [0, 0.05) is 12.6 Å². The average Bonchev–Trinajstić information content (AvgIpc) is 2.79. The molecule has 20 heavy (non-hydrogen) atoms. The maximum atomic E-state index is 11.1. The number of carbonyl (C=O) groups is 1. The molecule has 0 aromatic heterocycles. The lowest BCUT2D eigenvalue weighted by molar-refractivity contribution is -0.142. The quantitative estimate of drug-likeness (QED) is 0.868. The number of nitrogens with zero attached hydrogens (tertiary/aromatic N) is 1. The number of hydrogen-bond acceptors (Lipinski definition) is 3. The minimum atomic E-state index is -0.677. The van der Waals surface area contributed by atoms with E-state index in [0.29, 0.717) is 0 Å². The predicted molar refractivity (Wildman–Crippen MR) is 77.8 cm³/mol. The summed E-state index contributed by atoms with van der Waals surface area (Å²) in [7, 11) is 0. The van der Waals surface area contributed by atoms with E-state index >= 15 is 0 Å². The van der Waals surface area contributed by atoms with E-state index < -0.39 is 5.97 Å². The number of aliphatic carboxylic acids is 1. The van der Waals surface area contributed by atoms with Crippen LogP contribution in [-0.4, -0.2) is 35.2 Å². The van der Waals surface area contributed by atoms with E-state index in [1.807, 2.05) is 19.1 Å². The molecule has 2 rings (SSSR count). The van der Waals surface area contributed by atoms with Gasteiger partial charge in [0.05, 0.1) is 12.5 Å². The Labute approximate surface area is 120 Å². The molecule has 1 aromatic rings. The van der Waals surface area contributed by atoms with Crippen LogP contribution in [0.3, 0.4) is 0 Å². The highest BCUT2D eigenvalue weighted by Crippen LogP contribution is 2.26. The van der Waals surface area contributed by atoms with Crippen molar-refractivity contribution in [1.29, 1.82) is 0 Å². The Morgan fingerprint density at radius 2 is 2.10 bits per heavy atom. The van der Waals surface area contributed by atoms with Gasteiger partial charge < -0.3 is 9.84 Å². The molecule has 2 unspecified atom stereocenters. The standard InChI is InChI=1S/C16H23NO3/c1-3-10-20-14-6-4-13(5-7-14)11-17-9-8-15(12(17)2)16(18)19/h4-7,12,15H,3,8-11H2,1-2H3,(H,18,19). The van der Waals surface area contributed by atoms with Crippen molar-refractivity contribution in [3.63, 3.8) is 0 Å². The summed E-state index contributed by atoms with van der Waals surface area (Å²) in [6, 6.07) is 8.20. The fourth-order valence-corrected chi connectivity index (χ4v) is 2.70. The van der Waals surface area contributed by atoms with Gasteiger partial charge in [-0.15, -0.1) is 0 Å². The zero-order valence-corrected chi connectivity index (χ0v) is 12.2. The SMILES string of the molecule is CCCOc1ccc(CN2CCC(C(=O)O)C2C)cc1. The molecule has 2 atom stereocenters. The Morgan fingerprint density at radius 3 is 2.65 bits per heavy atom. The summed E-state index contributed by atoms with van der Waals surface area (Å²) in [4.78, 5) is 13.3. The summed E-state index contributed by atoms with van der Waals surface area (Å²) in [5.41, 5.74) is 1.20. The van der Waals surface area contributed by atoms with Gasteiger partial charge in [-0.05, 0) is 44.0 Å². The summed E-state index contributed by atoms with van der Waals surface area (Å²) in [5, 5.41) is 9.14. The van der Waals surface area contributed by atoms with Gasteiger partial charge >= 0.3 is 5.97 Å². The molecule has 0 saturated carbocycles. The maximum Gasteiger partial charge on any atom is 0.308 e. The van der Waals surface area contributed by atoms with E-state index in [0.717, 1.165) is 38.3 Å². The van der Waals surface area contributed by atoms with Crippen LogP contribution < -0.4 is 4.74 Å². The lowest BCUT2D eigenvalue weighted by Crippen LogP contribution is -2.32. The molecule has 4 heteroatoms. The van der Waals surface area contributed by atoms with Crippen LogP contribution in [0.15, 0.2) is 24.3 Å². The first-order valence-electron chi connectivity index (χ1n) is 7.30. The first kappa shape index (κ1) is 14.9.